The van der Waals surface area contributed by atoms with Gasteiger partial charge in [0.1, 0.15) is 0 Å². The summed E-state index contributed by atoms with van der Waals surface area (Å²) in [5.74, 6) is 1.17. The van der Waals surface area contributed by atoms with Gasteiger partial charge in [0.2, 0.25) is 5.91 Å². The summed E-state index contributed by atoms with van der Waals surface area (Å²) in [6, 6.07) is 0. The SMILES string of the molecule is CC(=O)NCC1Cc2nc(N)[nH]c2CC1CN. The van der Waals surface area contributed by atoms with Gasteiger partial charge in [-0.25, -0.2) is 4.98 Å². The number of aromatic amines is 1. The Kier molecular flexibility index (Phi) is 3.33. The molecule has 0 radical (unpaired) electrons. The van der Waals surface area contributed by atoms with E-state index in [0.717, 1.165) is 24.2 Å². The largest absolute Gasteiger partial charge is 0.369 e. The number of hydrogen-bond acceptors (Lipinski definition) is 4. The Labute approximate surface area is 100 Å². The van der Waals surface area contributed by atoms with Crippen molar-refractivity contribution in [3.8, 4) is 0 Å². The number of carbonyl (C=O) groups is 1. The standard InChI is InChI=1S/C11H19N5O/c1-6(17)14-5-8-3-10-9(2-7(8)4-12)15-11(13)16-10/h7-8H,2-5,12H2,1H3,(H,14,17)(H3,13,15,16). The van der Waals surface area contributed by atoms with Crippen LogP contribution >= 0.6 is 0 Å². The summed E-state index contributed by atoms with van der Waals surface area (Å²) in [5, 5.41) is 2.85. The summed E-state index contributed by atoms with van der Waals surface area (Å²) >= 11 is 0. The van der Waals surface area contributed by atoms with Gasteiger partial charge in [0.05, 0.1) is 5.69 Å². The van der Waals surface area contributed by atoms with Crippen LogP contribution in [0, 0.1) is 11.8 Å². The number of anilines is 1. The van der Waals surface area contributed by atoms with Crippen LogP contribution in [0.1, 0.15) is 18.3 Å². The van der Waals surface area contributed by atoms with Gasteiger partial charge in [0.25, 0.3) is 0 Å². The highest BCUT2D eigenvalue weighted by atomic mass is 16.1. The van der Waals surface area contributed by atoms with E-state index in [1.54, 1.807) is 0 Å². The summed E-state index contributed by atoms with van der Waals surface area (Å²) in [7, 11) is 0. The lowest BCUT2D eigenvalue weighted by molar-refractivity contribution is -0.119. The summed E-state index contributed by atoms with van der Waals surface area (Å²) in [6.45, 7) is 2.80. The second-order valence-corrected chi connectivity index (χ2v) is 4.65. The van der Waals surface area contributed by atoms with Crippen LogP contribution in [0.25, 0.3) is 0 Å². The van der Waals surface area contributed by atoms with Gasteiger partial charge in [0.15, 0.2) is 5.95 Å². The third-order valence-corrected chi connectivity index (χ3v) is 3.39. The van der Waals surface area contributed by atoms with E-state index < -0.39 is 0 Å². The zero-order valence-corrected chi connectivity index (χ0v) is 9.99. The second-order valence-electron chi connectivity index (χ2n) is 4.65. The van der Waals surface area contributed by atoms with Crippen LogP contribution < -0.4 is 16.8 Å². The first-order valence-electron chi connectivity index (χ1n) is 5.88. The van der Waals surface area contributed by atoms with Crippen LogP contribution in [0.15, 0.2) is 0 Å². The zero-order chi connectivity index (χ0) is 12.4. The van der Waals surface area contributed by atoms with Crippen LogP contribution in [0.2, 0.25) is 0 Å². The lowest BCUT2D eigenvalue weighted by Gasteiger charge is -2.29. The molecule has 0 saturated heterocycles. The fourth-order valence-corrected chi connectivity index (χ4v) is 2.44. The van der Waals surface area contributed by atoms with Crippen molar-refractivity contribution in [2.45, 2.75) is 19.8 Å². The normalized spacial score (nSPS) is 23.2. The van der Waals surface area contributed by atoms with E-state index in [1.165, 1.54) is 6.92 Å². The topological polar surface area (TPSA) is 110 Å². The van der Waals surface area contributed by atoms with E-state index in [0.29, 0.717) is 30.9 Å². The summed E-state index contributed by atoms with van der Waals surface area (Å²) in [6.07, 6.45) is 1.69. The zero-order valence-electron chi connectivity index (χ0n) is 9.99. The third kappa shape index (κ3) is 2.58. The molecular weight excluding hydrogens is 218 g/mol. The number of carbonyl (C=O) groups excluding carboxylic acids is 1. The number of rotatable bonds is 3. The minimum Gasteiger partial charge on any atom is -0.369 e. The average molecular weight is 237 g/mol. The van der Waals surface area contributed by atoms with Crippen molar-refractivity contribution in [2.24, 2.45) is 17.6 Å². The van der Waals surface area contributed by atoms with Gasteiger partial charge in [-0.2, -0.15) is 0 Å². The van der Waals surface area contributed by atoms with Crippen LogP contribution in [0.5, 0.6) is 0 Å². The maximum Gasteiger partial charge on any atom is 0.216 e. The van der Waals surface area contributed by atoms with Gasteiger partial charge in [-0.15, -0.1) is 0 Å². The monoisotopic (exact) mass is 237 g/mol. The third-order valence-electron chi connectivity index (χ3n) is 3.39. The Morgan fingerprint density at radius 1 is 1.53 bits per heavy atom. The Morgan fingerprint density at radius 2 is 2.29 bits per heavy atom. The van der Waals surface area contributed by atoms with Gasteiger partial charge in [-0.05, 0) is 31.2 Å². The molecule has 0 aliphatic heterocycles. The van der Waals surface area contributed by atoms with Gasteiger partial charge >= 0.3 is 0 Å². The summed E-state index contributed by atoms with van der Waals surface area (Å²) in [5.41, 5.74) is 13.5. The molecule has 2 unspecified atom stereocenters. The van der Waals surface area contributed by atoms with Crippen molar-refractivity contribution in [1.29, 1.82) is 0 Å². The van der Waals surface area contributed by atoms with E-state index in [1.807, 2.05) is 0 Å². The first kappa shape index (κ1) is 11.9. The number of nitrogen functional groups attached to an aromatic ring is 1. The van der Waals surface area contributed by atoms with Gasteiger partial charge in [-0.1, -0.05) is 0 Å². The molecule has 6 N–H and O–H groups in total. The van der Waals surface area contributed by atoms with Gasteiger partial charge in [-0.3, -0.25) is 4.79 Å². The molecule has 1 aromatic heterocycles. The number of amides is 1. The molecule has 6 heteroatoms. The lowest BCUT2D eigenvalue weighted by atomic mass is 9.79. The van der Waals surface area contributed by atoms with Crippen LogP contribution in [0.4, 0.5) is 5.95 Å². The molecule has 6 nitrogen and oxygen atoms in total. The molecule has 0 bridgehead atoms. The molecule has 0 spiro atoms. The van der Waals surface area contributed by atoms with Crippen LogP contribution in [0.3, 0.4) is 0 Å². The summed E-state index contributed by atoms with van der Waals surface area (Å²) in [4.78, 5) is 18.3. The number of nitrogens with one attached hydrogen (secondary N) is 2. The molecule has 1 aliphatic carbocycles. The predicted octanol–water partition coefficient (Wildman–Crippen LogP) is -0.582. The highest BCUT2D eigenvalue weighted by Gasteiger charge is 2.29. The second kappa shape index (κ2) is 4.75. The minimum absolute atomic E-state index is 0.00638. The van der Waals surface area contributed by atoms with E-state index in [4.69, 9.17) is 11.5 Å². The number of imidazole rings is 1. The fraction of sp³-hybridized carbons (Fsp3) is 0.636. The molecule has 0 fully saturated rings. The molecule has 94 valence electrons. The smallest absolute Gasteiger partial charge is 0.216 e. The van der Waals surface area contributed by atoms with Crippen molar-refractivity contribution in [2.75, 3.05) is 18.8 Å². The molecule has 1 aromatic rings. The van der Waals surface area contributed by atoms with Crippen molar-refractivity contribution in [3.63, 3.8) is 0 Å². The number of nitrogens with zero attached hydrogens (tertiary/aromatic N) is 1. The molecule has 0 aromatic carbocycles. The van der Waals surface area contributed by atoms with Crippen LogP contribution in [-0.2, 0) is 17.6 Å². The number of hydrogen-bond donors (Lipinski definition) is 4. The molecular formula is C11H19N5O. The Morgan fingerprint density at radius 3 is 2.94 bits per heavy atom. The highest BCUT2D eigenvalue weighted by molar-refractivity contribution is 5.72. The van der Waals surface area contributed by atoms with E-state index in [2.05, 4.69) is 15.3 Å². The minimum atomic E-state index is -0.00638. The van der Waals surface area contributed by atoms with E-state index in [-0.39, 0.29) is 5.91 Å². The first-order chi connectivity index (χ1) is 8.10. The first-order valence-corrected chi connectivity index (χ1v) is 5.88. The van der Waals surface area contributed by atoms with Gasteiger partial charge in [0, 0.05) is 19.2 Å². The predicted molar refractivity (Wildman–Crippen MR) is 65.1 cm³/mol. The Hall–Kier alpha value is -1.56. The molecule has 1 aliphatic rings. The molecule has 1 amide bonds. The molecule has 2 rings (SSSR count). The van der Waals surface area contributed by atoms with E-state index >= 15 is 0 Å². The molecule has 0 saturated carbocycles. The lowest BCUT2D eigenvalue weighted by Crippen LogP contribution is -2.39. The number of aromatic nitrogens is 2. The van der Waals surface area contributed by atoms with Crippen molar-refractivity contribution < 1.29 is 4.79 Å². The number of nitrogens with two attached hydrogens (primary N) is 2. The maximum absolute atomic E-state index is 10.9. The highest BCUT2D eigenvalue weighted by Crippen LogP contribution is 2.28. The van der Waals surface area contributed by atoms with E-state index in [9.17, 15) is 4.79 Å². The summed E-state index contributed by atoms with van der Waals surface area (Å²) < 4.78 is 0. The van der Waals surface area contributed by atoms with Crippen LogP contribution in [-0.4, -0.2) is 29.0 Å². The number of fused-ring (bicyclic) bond motifs is 1. The fourth-order valence-electron chi connectivity index (χ4n) is 2.44. The van der Waals surface area contributed by atoms with Gasteiger partial charge < -0.3 is 21.8 Å². The Bertz CT molecular complexity index is 414. The van der Waals surface area contributed by atoms with Crippen molar-refractivity contribution in [1.82, 2.24) is 15.3 Å². The van der Waals surface area contributed by atoms with Crippen molar-refractivity contribution >= 4 is 11.9 Å². The maximum atomic E-state index is 10.9. The number of H-pyrrole nitrogens is 1. The van der Waals surface area contributed by atoms with Crippen molar-refractivity contribution in [3.05, 3.63) is 11.4 Å². The molecule has 1 heterocycles. The molecule has 2 atom stereocenters. The average Bonchev–Trinajstić information content (AvgIpc) is 2.63. The quantitative estimate of drug-likeness (QED) is 0.563. The molecule has 17 heavy (non-hydrogen) atoms. The Balaban J connectivity index is 2.09.